The number of rotatable bonds is 2. The summed E-state index contributed by atoms with van der Waals surface area (Å²) < 4.78 is 1.88. The van der Waals surface area contributed by atoms with Crippen molar-refractivity contribution in [1.82, 2.24) is 19.6 Å². The van der Waals surface area contributed by atoms with Crippen molar-refractivity contribution in [3.05, 3.63) is 42.7 Å². The summed E-state index contributed by atoms with van der Waals surface area (Å²) >= 11 is 1.53. The Bertz CT molecular complexity index is 648. The van der Waals surface area contributed by atoms with Gasteiger partial charge < -0.3 is 0 Å². The lowest BCUT2D eigenvalue weighted by Crippen LogP contribution is -1.98. The van der Waals surface area contributed by atoms with Crippen molar-refractivity contribution in [2.75, 3.05) is 6.26 Å². The molecule has 0 saturated heterocycles. The molecule has 0 amide bonds. The molecular weight excluding hydrogens is 232 g/mol. The molecule has 3 aromatic heterocycles. The number of hydrogen-bond donors (Lipinski definition) is 0. The maximum Gasteiger partial charge on any atom is 0.207 e. The quantitative estimate of drug-likeness (QED) is 0.648. The predicted molar refractivity (Wildman–Crippen MR) is 68.0 cm³/mol. The zero-order chi connectivity index (χ0) is 11.7. The van der Waals surface area contributed by atoms with Gasteiger partial charge in [-0.1, -0.05) is 17.8 Å². The van der Waals surface area contributed by atoms with Crippen LogP contribution in [0.2, 0.25) is 0 Å². The average molecular weight is 242 g/mol. The van der Waals surface area contributed by atoms with Crippen LogP contribution in [0.4, 0.5) is 0 Å². The number of thioether (sulfide) groups is 1. The summed E-state index contributed by atoms with van der Waals surface area (Å²) in [7, 11) is 0. The van der Waals surface area contributed by atoms with Crippen LogP contribution in [-0.4, -0.2) is 25.8 Å². The highest BCUT2D eigenvalue weighted by Crippen LogP contribution is 2.20. The van der Waals surface area contributed by atoms with E-state index < -0.39 is 0 Å². The van der Waals surface area contributed by atoms with Gasteiger partial charge in [-0.15, -0.1) is 5.10 Å². The molecule has 0 bridgehead atoms. The van der Waals surface area contributed by atoms with Gasteiger partial charge in [0.1, 0.15) is 0 Å². The van der Waals surface area contributed by atoms with Crippen LogP contribution in [0, 0.1) is 0 Å². The van der Waals surface area contributed by atoms with Gasteiger partial charge >= 0.3 is 0 Å². The lowest BCUT2D eigenvalue weighted by atomic mass is 10.3. The Hall–Kier alpha value is -1.88. The van der Waals surface area contributed by atoms with E-state index in [1.807, 2.05) is 47.3 Å². The van der Waals surface area contributed by atoms with E-state index in [2.05, 4.69) is 15.1 Å². The smallest absolute Gasteiger partial charge is 0.207 e. The third-order valence-corrected chi connectivity index (χ3v) is 3.04. The largest absolute Gasteiger partial charge is 0.255 e. The molecule has 4 nitrogen and oxygen atoms in total. The number of aromatic nitrogens is 4. The van der Waals surface area contributed by atoms with E-state index >= 15 is 0 Å². The van der Waals surface area contributed by atoms with Gasteiger partial charge in [0.05, 0.1) is 23.1 Å². The molecule has 17 heavy (non-hydrogen) atoms. The number of pyridine rings is 1. The standard InChI is InChI=1S/C12H10N4S/c1-17-12-14-8-9-5-6-11(16(9)15-12)10-4-2-3-7-13-10/h2-8H,1H3. The van der Waals surface area contributed by atoms with Gasteiger partial charge in [0.25, 0.3) is 0 Å². The molecule has 0 fully saturated rings. The first-order chi connectivity index (χ1) is 8.38. The van der Waals surface area contributed by atoms with E-state index in [0.717, 1.165) is 22.1 Å². The van der Waals surface area contributed by atoms with Crippen LogP contribution in [-0.2, 0) is 0 Å². The van der Waals surface area contributed by atoms with Crippen LogP contribution in [0.1, 0.15) is 0 Å². The zero-order valence-corrected chi connectivity index (χ0v) is 10.1. The van der Waals surface area contributed by atoms with Crippen molar-refractivity contribution in [1.29, 1.82) is 0 Å². The molecule has 0 atom stereocenters. The van der Waals surface area contributed by atoms with E-state index in [0.29, 0.717) is 0 Å². The molecule has 0 spiro atoms. The number of hydrogen-bond acceptors (Lipinski definition) is 4. The molecule has 0 saturated carbocycles. The van der Waals surface area contributed by atoms with Crippen LogP contribution < -0.4 is 0 Å². The first-order valence-electron chi connectivity index (χ1n) is 5.18. The zero-order valence-electron chi connectivity index (χ0n) is 9.24. The normalized spacial score (nSPS) is 10.9. The molecule has 0 aliphatic heterocycles. The highest BCUT2D eigenvalue weighted by molar-refractivity contribution is 7.98. The van der Waals surface area contributed by atoms with E-state index in [1.54, 1.807) is 6.20 Å². The van der Waals surface area contributed by atoms with Gasteiger partial charge in [0, 0.05) is 6.20 Å². The monoisotopic (exact) mass is 242 g/mol. The van der Waals surface area contributed by atoms with Crippen LogP contribution >= 0.6 is 11.8 Å². The molecule has 0 aromatic carbocycles. The van der Waals surface area contributed by atoms with Crippen LogP contribution in [0.25, 0.3) is 16.9 Å². The highest BCUT2D eigenvalue weighted by atomic mass is 32.2. The maximum atomic E-state index is 4.46. The molecule has 3 aromatic rings. The molecule has 0 unspecified atom stereocenters. The van der Waals surface area contributed by atoms with Gasteiger partial charge in [0.15, 0.2) is 0 Å². The van der Waals surface area contributed by atoms with E-state index in [9.17, 15) is 0 Å². The first-order valence-corrected chi connectivity index (χ1v) is 6.41. The summed E-state index contributed by atoms with van der Waals surface area (Å²) in [6.45, 7) is 0. The third kappa shape index (κ3) is 1.78. The molecule has 5 heteroatoms. The fourth-order valence-electron chi connectivity index (χ4n) is 1.69. The predicted octanol–water partition coefficient (Wildman–Crippen LogP) is 2.51. The van der Waals surface area contributed by atoms with Gasteiger partial charge in [-0.3, -0.25) is 4.98 Å². The second-order valence-electron chi connectivity index (χ2n) is 3.52. The van der Waals surface area contributed by atoms with Crippen LogP contribution in [0.5, 0.6) is 0 Å². The molecular formula is C12H10N4S. The SMILES string of the molecule is CSc1ncc2ccc(-c3ccccn3)n2n1. The average Bonchev–Trinajstić information content (AvgIpc) is 2.82. The van der Waals surface area contributed by atoms with Crippen molar-refractivity contribution in [3.63, 3.8) is 0 Å². The Morgan fingerprint density at radius 1 is 1.12 bits per heavy atom. The minimum Gasteiger partial charge on any atom is -0.255 e. The van der Waals surface area contributed by atoms with Gasteiger partial charge in [-0.2, -0.15) is 0 Å². The second kappa shape index (κ2) is 4.18. The highest BCUT2D eigenvalue weighted by Gasteiger charge is 2.07. The molecule has 3 heterocycles. The number of nitrogens with zero attached hydrogens (tertiary/aromatic N) is 4. The van der Waals surface area contributed by atoms with Crippen molar-refractivity contribution >= 4 is 17.3 Å². The Balaban J connectivity index is 2.23. The summed E-state index contributed by atoms with van der Waals surface area (Å²) in [6.07, 6.45) is 5.57. The molecule has 3 rings (SSSR count). The molecule has 84 valence electrons. The summed E-state index contributed by atoms with van der Waals surface area (Å²) in [5, 5.41) is 5.21. The Labute approximate surface area is 103 Å². The lowest BCUT2D eigenvalue weighted by molar-refractivity contribution is 0.802. The molecule has 0 N–H and O–H groups in total. The summed E-state index contributed by atoms with van der Waals surface area (Å²) in [4.78, 5) is 8.58. The Kier molecular flexibility index (Phi) is 2.53. The minimum absolute atomic E-state index is 0.755. The van der Waals surface area contributed by atoms with E-state index in [4.69, 9.17) is 0 Å². The van der Waals surface area contributed by atoms with Crippen molar-refractivity contribution < 1.29 is 0 Å². The van der Waals surface area contributed by atoms with Crippen molar-refractivity contribution in [2.24, 2.45) is 0 Å². The second-order valence-corrected chi connectivity index (χ2v) is 4.29. The van der Waals surface area contributed by atoms with Gasteiger partial charge in [-0.25, -0.2) is 9.50 Å². The Morgan fingerprint density at radius 3 is 2.82 bits per heavy atom. The Morgan fingerprint density at radius 2 is 2.06 bits per heavy atom. The minimum atomic E-state index is 0.755. The summed E-state index contributed by atoms with van der Waals surface area (Å²) in [6, 6.07) is 9.85. The van der Waals surface area contributed by atoms with Crippen LogP contribution in [0.15, 0.2) is 47.9 Å². The van der Waals surface area contributed by atoms with Crippen LogP contribution in [0.3, 0.4) is 0 Å². The first kappa shape index (κ1) is 10.3. The van der Waals surface area contributed by atoms with E-state index in [-0.39, 0.29) is 0 Å². The summed E-state index contributed by atoms with van der Waals surface area (Å²) in [5.41, 5.74) is 2.88. The molecule has 0 radical (unpaired) electrons. The molecule has 0 aliphatic rings. The van der Waals surface area contributed by atoms with Gasteiger partial charge in [0.2, 0.25) is 5.16 Å². The van der Waals surface area contributed by atoms with Crippen molar-refractivity contribution in [2.45, 2.75) is 5.16 Å². The molecule has 0 aliphatic carbocycles. The lowest BCUT2D eigenvalue weighted by Gasteiger charge is -2.02. The third-order valence-electron chi connectivity index (χ3n) is 2.49. The van der Waals surface area contributed by atoms with E-state index in [1.165, 1.54) is 11.8 Å². The number of fused-ring (bicyclic) bond motifs is 1. The summed E-state index contributed by atoms with van der Waals surface area (Å²) in [5.74, 6) is 0. The van der Waals surface area contributed by atoms with Gasteiger partial charge in [-0.05, 0) is 30.5 Å². The fraction of sp³-hybridized carbons (Fsp3) is 0.0833. The fourth-order valence-corrected chi connectivity index (χ4v) is 2.01. The maximum absolute atomic E-state index is 4.46. The topological polar surface area (TPSA) is 43.1 Å². The van der Waals surface area contributed by atoms with Crippen molar-refractivity contribution in [3.8, 4) is 11.4 Å².